The van der Waals surface area contributed by atoms with Gasteiger partial charge in [-0.1, -0.05) is 12.1 Å². The highest BCUT2D eigenvalue weighted by molar-refractivity contribution is 6.02. The van der Waals surface area contributed by atoms with Gasteiger partial charge in [0.2, 0.25) is 0 Å². The second-order valence-electron chi connectivity index (χ2n) is 5.75. The normalized spacial score (nSPS) is 15.2. The molecule has 1 fully saturated rings. The smallest absolute Gasteiger partial charge is 0.307 e. The summed E-state index contributed by atoms with van der Waals surface area (Å²) in [4.78, 5) is 23.1. The fourth-order valence-corrected chi connectivity index (χ4v) is 2.74. The maximum Gasteiger partial charge on any atom is 0.307 e. The molecule has 1 aromatic heterocycles. The highest BCUT2D eigenvalue weighted by Crippen LogP contribution is 2.20. The van der Waals surface area contributed by atoms with E-state index in [4.69, 9.17) is 9.84 Å². The fraction of sp³-hybridized carbons (Fsp3) is 0.353. The number of amides is 1. The van der Waals surface area contributed by atoms with Crippen LogP contribution in [0.5, 0.6) is 0 Å². The van der Waals surface area contributed by atoms with Crippen molar-refractivity contribution in [2.75, 3.05) is 18.5 Å². The van der Waals surface area contributed by atoms with Crippen molar-refractivity contribution in [2.45, 2.75) is 25.3 Å². The van der Waals surface area contributed by atoms with E-state index in [0.29, 0.717) is 30.2 Å². The molecule has 24 heavy (non-hydrogen) atoms. The summed E-state index contributed by atoms with van der Waals surface area (Å²) in [6.07, 6.45) is 3.51. The van der Waals surface area contributed by atoms with Crippen LogP contribution < -0.4 is 5.32 Å². The van der Waals surface area contributed by atoms with E-state index in [1.807, 2.05) is 10.9 Å². The monoisotopic (exact) mass is 329 g/mol. The number of aromatic nitrogens is 2. The summed E-state index contributed by atoms with van der Waals surface area (Å²) >= 11 is 0. The van der Waals surface area contributed by atoms with Crippen molar-refractivity contribution in [3.05, 3.63) is 47.8 Å². The number of aliphatic carboxylic acids is 1. The fourth-order valence-electron chi connectivity index (χ4n) is 2.74. The highest BCUT2D eigenvalue weighted by Gasteiger charge is 2.18. The molecule has 1 saturated heterocycles. The van der Waals surface area contributed by atoms with E-state index >= 15 is 0 Å². The van der Waals surface area contributed by atoms with E-state index in [-0.39, 0.29) is 18.4 Å². The Bertz CT molecular complexity index is 735. The average molecular weight is 329 g/mol. The zero-order valence-electron chi connectivity index (χ0n) is 13.1. The lowest BCUT2D eigenvalue weighted by atomic mass is 10.1. The number of hydrogen-bond acceptors (Lipinski definition) is 4. The maximum atomic E-state index is 12.3. The SMILES string of the molecule is O=C(O)Cc1cccc(NC(=O)c2ccn(C3CCOCC3)n2)c1. The Hall–Kier alpha value is -2.67. The van der Waals surface area contributed by atoms with Crippen LogP contribution in [-0.4, -0.2) is 40.0 Å². The van der Waals surface area contributed by atoms with Crippen LogP contribution in [0.1, 0.15) is 34.9 Å². The van der Waals surface area contributed by atoms with Crippen LogP contribution in [0.25, 0.3) is 0 Å². The zero-order valence-corrected chi connectivity index (χ0v) is 13.1. The topological polar surface area (TPSA) is 93.5 Å². The molecule has 0 aliphatic carbocycles. The van der Waals surface area contributed by atoms with E-state index in [9.17, 15) is 9.59 Å². The van der Waals surface area contributed by atoms with Crippen LogP contribution in [-0.2, 0) is 16.0 Å². The van der Waals surface area contributed by atoms with Crippen molar-refractivity contribution >= 4 is 17.6 Å². The Morgan fingerprint density at radius 2 is 2.08 bits per heavy atom. The first-order valence-electron chi connectivity index (χ1n) is 7.87. The Morgan fingerprint density at radius 1 is 1.29 bits per heavy atom. The third-order valence-electron chi connectivity index (χ3n) is 3.95. The molecule has 0 saturated carbocycles. The number of carboxylic acid groups (broad SMARTS) is 1. The number of ether oxygens (including phenoxy) is 1. The number of carbonyl (C=O) groups excluding carboxylic acids is 1. The van der Waals surface area contributed by atoms with Crippen molar-refractivity contribution in [1.82, 2.24) is 9.78 Å². The van der Waals surface area contributed by atoms with Gasteiger partial charge in [0.25, 0.3) is 5.91 Å². The van der Waals surface area contributed by atoms with Crippen molar-refractivity contribution in [1.29, 1.82) is 0 Å². The number of carbonyl (C=O) groups is 2. The van der Waals surface area contributed by atoms with E-state index in [0.717, 1.165) is 12.8 Å². The van der Waals surface area contributed by atoms with Crippen LogP contribution in [0.4, 0.5) is 5.69 Å². The number of nitrogens with one attached hydrogen (secondary N) is 1. The second kappa shape index (κ2) is 7.27. The largest absolute Gasteiger partial charge is 0.481 e. The van der Waals surface area contributed by atoms with Gasteiger partial charge in [0.15, 0.2) is 5.69 Å². The summed E-state index contributed by atoms with van der Waals surface area (Å²) in [5.41, 5.74) is 1.53. The van der Waals surface area contributed by atoms with Gasteiger partial charge in [-0.3, -0.25) is 14.3 Å². The molecule has 0 spiro atoms. The molecular weight excluding hydrogens is 310 g/mol. The highest BCUT2D eigenvalue weighted by atomic mass is 16.5. The molecule has 1 amide bonds. The van der Waals surface area contributed by atoms with Gasteiger partial charge in [0, 0.05) is 25.1 Å². The summed E-state index contributed by atoms with van der Waals surface area (Å²) < 4.78 is 7.15. The number of carboxylic acids is 1. The first-order valence-corrected chi connectivity index (χ1v) is 7.87. The molecule has 1 aliphatic heterocycles. The average Bonchev–Trinajstić information content (AvgIpc) is 3.05. The van der Waals surface area contributed by atoms with Gasteiger partial charge in [0.05, 0.1) is 12.5 Å². The predicted octanol–water partition coefficient (Wildman–Crippen LogP) is 2.11. The molecule has 1 aliphatic rings. The Balaban J connectivity index is 1.66. The number of anilines is 1. The van der Waals surface area contributed by atoms with Crippen LogP contribution >= 0.6 is 0 Å². The minimum Gasteiger partial charge on any atom is -0.481 e. The molecule has 0 atom stereocenters. The van der Waals surface area contributed by atoms with Gasteiger partial charge in [-0.15, -0.1) is 0 Å². The zero-order chi connectivity index (χ0) is 16.9. The standard InChI is InChI=1S/C17H19N3O4/c21-16(22)11-12-2-1-3-13(10-12)18-17(23)15-4-7-20(19-15)14-5-8-24-9-6-14/h1-4,7,10,14H,5-6,8-9,11H2,(H,18,23)(H,21,22). The van der Waals surface area contributed by atoms with Gasteiger partial charge in [-0.05, 0) is 36.6 Å². The maximum absolute atomic E-state index is 12.3. The number of rotatable bonds is 5. The molecule has 0 radical (unpaired) electrons. The molecule has 3 rings (SSSR count). The van der Waals surface area contributed by atoms with Gasteiger partial charge >= 0.3 is 5.97 Å². The van der Waals surface area contributed by atoms with Gasteiger partial charge < -0.3 is 15.2 Å². The molecule has 2 aromatic rings. The van der Waals surface area contributed by atoms with E-state index in [1.165, 1.54) is 0 Å². The Kier molecular flexibility index (Phi) is 4.90. The van der Waals surface area contributed by atoms with Crippen LogP contribution in [0.15, 0.2) is 36.5 Å². The molecule has 7 heteroatoms. The minimum absolute atomic E-state index is 0.0813. The van der Waals surface area contributed by atoms with Crippen molar-refractivity contribution in [2.24, 2.45) is 0 Å². The molecule has 2 heterocycles. The first-order chi connectivity index (χ1) is 11.6. The van der Waals surface area contributed by atoms with Crippen LogP contribution in [0, 0.1) is 0 Å². The molecule has 1 aromatic carbocycles. The lowest BCUT2D eigenvalue weighted by Crippen LogP contribution is -2.21. The van der Waals surface area contributed by atoms with Crippen molar-refractivity contribution < 1.29 is 19.4 Å². The van der Waals surface area contributed by atoms with Gasteiger partial charge in [-0.25, -0.2) is 0 Å². The third kappa shape index (κ3) is 3.99. The molecule has 7 nitrogen and oxygen atoms in total. The van der Waals surface area contributed by atoms with Crippen LogP contribution in [0.2, 0.25) is 0 Å². The molecule has 0 bridgehead atoms. The summed E-state index contributed by atoms with van der Waals surface area (Å²) in [6.45, 7) is 1.42. The van der Waals surface area contributed by atoms with E-state index in [1.54, 1.807) is 30.3 Å². The summed E-state index contributed by atoms with van der Waals surface area (Å²) in [6, 6.07) is 8.75. The van der Waals surface area contributed by atoms with E-state index in [2.05, 4.69) is 10.4 Å². The van der Waals surface area contributed by atoms with E-state index < -0.39 is 5.97 Å². The number of benzene rings is 1. The summed E-state index contributed by atoms with van der Waals surface area (Å²) in [5.74, 6) is -1.22. The number of nitrogens with zero attached hydrogens (tertiary/aromatic N) is 2. The molecule has 2 N–H and O–H groups in total. The summed E-state index contributed by atoms with van der Waals surface area (Å²) in [5, 5.41) is 15.9. The molecule has 126 valence electrons. The summed E-state index contributed by atoms with van der Waals surface area (Å²) in [7, 11) is 0. The minimum atomic E-state index is -0.909. The third-order valence-corrected chi connectivity index (χ3v) is 3.95. The molecule has 0 unspecified atom stereocenters. The quantitative estimate of drug-likeness (QED) is 0.876. The number of hydrogen-bond donors (Lipinski definition) is 2. The first kappa shape index (κ1) is 16.2. The Morgan fingerprint density at radius 3 is 2.83 bits per heavy atom. The molecular formula is C17H19N3O4. The lowest BCUT2D eigenvalue weighted by molar-refractivity contribution is -0.136. The van der Waals surface area contributed by atoms with Crippen molar-refractivity contribution in [3.63, 3.8) is 0 Å². The van der Waals surface area contributed by atoms with Crippen molar-refractivity contribution in [3.8, 4) is 0 Å². The second-order valence-corrected chi connectivity index (χ2v) is 5.75. The lowest BCUT2D eigenvalue weighted by Gasteiger charge is -2.22. The van der Waals surface area contributed by atoms with Gasteiger partial charge in [-0.2, -0.15) is 5.10 Å². The Labute approximate surface area is 139 Å². The predicted molar refractivity (Wildman–Crippen MR) is 87.1 cm³/mol. The van der Waals surface area contributed by atoms with Crippen LogP contribution in [0.3, 0.4) is 0 Å². The van der Waals surface area contributed by atoms with Gasteiger partial charge in [0.1, 0.15) is 0 Å².